The highest BCUT2D eigenvalue weighted by molar-refractivity contribution is 5.87. The summed E-state index contributed by atoms with van der Waals surface area (Å²) in [5.41, 5.74) is 2.24. The lowest BCUT2D eigenvalue weighted by molar-refractivity contribution is -0.138. The Labute approximate surface area is 102 Å². The molecule has 0 heterocycles. The van der Waals surface area contributed by atoms with Gasteiger partial charge >= 0.3 is 5.97 Å². The molecule has 0 radical (unpaired) electrons. The van der Waals surface area contributed by atoms with E-state index in [4.69, 9.17) is 4.74 Å². The molecular weight excluding hydrogens is 212 g/mol. The van der Waals surface area contributed by atoms with Crippen molar-refractivity contribution in [2.45, 2.75) is 20.3 Å². The van der Waals surface area contributed by atoms with Gasteiger partial charge in [0.25, 0.3) is 0 Å². The molecule has 1 saturated carbocycles. The van der Waals surface area contributed by atoms with Crippen molar-refractivity contribution >= 4 is 12.0 Å². The summed E-state index contributed by atoms with van der Waals surface area (Å²) in [5.74, 6) is 1.07. The highest BCUT2D eigenvalue weighted by Crippen LogP contribution is 2.37. The maximum atomic E-state index is 11.4. The third kappa shape index (κ3) is 3.74. The summed E-state index contributed by atoms with van der Waals surface area (Å²) in [6, 6.07) is 8.03. The minimum absolute atomic E-state index is 0.246. The number of hydrogen-bond donors (Lipinski definition) is 0. The van der Waals surface area contributed by atoms with Crippen molar-refractivity contribution in [1.29, 1.82) is 0 Å². The molecule has 1 fully saturated rings. The first-order valence-electron chi connectivity index (χ1n) is 6.06. The third-order valence-corrected chi connectivity index (χ3v) is 3.21. The Kier molecular flexibility index (Phi) is 3.62. The van der Waals surface area contributed by atoms with Crippen LogP contribution in [0.3, 0.4) is 0 Å². The van der Waals surface area contributed by atoms with Crippen LogP contribution in [0.1, 0.15) is 24.5 Å². The number of carbonyl (C=O) groups excluding carboxylic acids is 1. The van der Waals surface area contributed by atoms with Crippen molar-refractivity contribution < 1.29 is 9.53 Å². The lowest BCUT2D eigenvalue weighted by Crippen LogP contribution is -2.04. The van der Waals surface area contributed by atoms with Gasteiger partial charge in [-0.15, -0.1) is 0 Å². The van der Waals surface area contributed by atoms with E-state index in [1.54, 1.807) is 6.08 Å². The van der Waals surface area contributed by atoms with Gasteiger partial charge in [0.15, 0.2) is 0 Å². The molecule has 2 heteroatoms. The van der Waals surface area contributed by atoms with Crippen molar-refractivity contribution in [1.82, 2.24) is 0 Å². The molecule has 90 valence electrons. The zero-order valence-corrected chi connectivity index (χ0v) is 10.3. The predicted octanol–water partition coefficient (Wildman–Crippen LogP) is 3.21. The normalized spacial score (nSPS) is 22.7. The Morgan fingerprint density at radius 3 is 2.65 bits per heavy atom. The van der Waals surface area contributed by atoms with E-state index in [0.29, 0.717) is 12.5 Å². The van der Waals surface area contributed by atoms with Crippen LogP contribution in [0.25, 0.3) is 6.08 Å². The van der Waals surface area contributed by atoms with E-state index >= 15 is 0 Å². The maximum Gasteiger partial charge on any atom is 0.330 e. The fourth-order valence-corrected chi connectivity index (χ4v) is 1.71. The number of rotatable bonds is 4. The molecule has 2 atom stereocenters. The van der Waals surface area contributed by atoms with Crippen LogP contribution < -0.4 is 0 Å². The summed E-state index contributed by atoms with van der Waals surface area (Å²) in [5, 5.41) is 0. The van der Waals surface area contributed by atoms with Crippen molar-refractivity contribution in [2.75, 3.05) is 6.61 Å². The molecular formula is C15H18O2. The van der Waals surface area contributed by atoms with Crippen LogP contribution >= 0.6 is 0 Å². The number of hydrogen-bond acceptors (Lipinski definition) is 2. The number of carbonyl (C=O) groups is 1. The highest BCUT2D eigenvalue weighted by atomic mass is 16.5. The quantitative estimate of drug-likeness (QED) is 0.586. The number of aryl methyl sites for hydroxylation is 1. The van der Waals surface area contributed by atoms with Gasteiger partial charge in [0.1, 0.15) is 0 Å². The average Bonchev–Trinajstić information content (AvgIpc) is 3.02. The smallest absolute Gasteiger partial charge is 0.330 e. The van der Waals surface area contributed by atoms with Gasteiger partial charge in [0.05, 0.1) is 6.61 Å². The van der Waals surface area contributed by atoms with Gasteiger partial charge in [-0.3, -0.25) is 0 Å². The summed E-state index contributed by atoms with van der Waals surface area (Å²) >= 11 is 0. The zero-order valence-electron chi connectivity index (χ0n) is 10.3. The molecule has 17 heavy (non-hydrogen) atoms. The minimum Gasteiger partial charge on any atom is -0.462 e. The largest absolute Gasteiger partial charge is 0.462 e. The van der Waals surface area contributed by atoms with Gasteiger partial charge in [-0.05, 0) is 36.8 Å². The molecule has 0 saturated heterocycles. The van der Waals surface area contributed by atoms with Crippen LogP contribution in [-0.4, -0.2) is 12.6 Å². The number of ether oxygens (including phenoxy) is 1. The van der Waals surface area contributed by atoms with Gasteiger partial charge in [-0.25, -0.2) is 4.79 Å². The Hall–Kier alpha value is -1.57. The monoisotopic (exact) mass is 230 g/mol. The zero-order chi connectivity index (χ0) is 12.3. The molecule has 1 aromatic carbocycles. The van der Waals surface area contributed by atoms with E-state index in [1.807, 2.05) is 31.2 Å². The van der Waals surface area contributed by atoms with Crippen LogP contribution in [0.2, 0.25) is 0 Å². The van der Waals surface area contributed by atoms with Crippen molar-refractivity contribution in [2.24, 2.45) is 11.8 Å². The van der Waals surface area contributed by atoms with E-state index in [0.717, 1.165) is 11.5 Å². The first-order valence-corrected chi connectivity index (χ1v) is 6.06. The first kappa shape index (κ1) is 11.9. The topological polar surface area (TPSA) is 26.3 Å². The summed E-state index contributed by atoms with van der Waals surface area (Å²) in [6.07, 6.45) is 4.48. The average molecular weight is 230 g/mol. The summed E-state index contributed by atoms with van der Waals surface area (Å²) < 4.78 is 5.16. The molecule has 0 amide bonds. The third-order valence-electron chi connectivity index (χ3n) is 3.21. The molecule has 1 aliphatic rings. The molecule has 2 unspecified atom stereocenters. The van der Waals surface area contributed by atoms with Crippen molar-refractivity contribution in [3.05, 3.63) is 41.5 Å². The molecule has 0 aromatic heterocycles. The summed E-state index contributed by atoms with van der Waals surface area (Å²) in [6.45, 7) is 4.79. The predicted molar refractivity (Wildman–Crippen MR) is 68.4 cm³/mol. The Balaban J connectivity index is 1.79. The molecule has 1 aliphatic carbocycles. The van der Waals surface area contributed by atoms with Crippen LogP contribution in [0.4, 0.5) is 0 Å². The number of esters is 1. The minimum atomic E-state index is -0.246. The van der Waals surface area contributed by atoms with E-state index in [2.05, 4.69) is 6.92 Å². The maximum absolute atomic E-state index is 11.4. The fourth-order valence-electron chi connectivity index (χ4n) is 1.71. The second-order valence-corrected chi connectivity index (χ2v) is 4.85. The van der Waals surface area contributed by atoms with Crippen LogP contribution in [-0.2, 0) is 9.53 Å². The SMILES string of the molecule is Cc1ccc(/C=C/C(=O)OCC2CC2C)cc1. The lowest BCUT2D eigenvalue weighted by Gasteiger charge is -1.99. The number of benzene rings is 1. The lowest BCUT2D eigenvalue weighted by atomic mass is 10.1. The van der Waals surface area contributed by atoms with Crippen molar-refractivity contribution in [3.63, 3.8) is 0 Å². The summed E-state index contributed by atoms with van der Waals surface area (Å²) in [4.78, 5) is 11.4. The Morgan fingerprint density at radius 1 is 1.41 bits per heavy atom. The van der Waals surface area contributed by atoms with Gasteiger partial charge in [-0.1, -0.05) is 36.8 Å². The molecule has 2 rings (SSSR count). The molecule has 0 N–H and O–H groups in total. The summed E-state index contributed by atoms with van der Waals surface area (Å²) in [7, 11) is 0. The molecule has 0 aliphatic heterocycles. The highest BCUT2D eigenvalue weighted by Gasteiger charge is 2.33. The van der Waals surface area contributed by atoms with E-state index < -0.39 is 0 Å². The Bertz CT molecular complexity index is 417. The van der Waals surface area contributed by atoms with E-state index in [9.17, 15) is 4.79 Å². The fraction of sp³-hybridized carbons (Fsp3) is 0.400. The van der Waals surface area contributed by atoms with Crippen molar-refractivity contribution in [3.8, 4) is 0 Å². The van der Waals surface area contributed by atoms with Crippen LogP contribution in [0.5, 0.6) is 0 Å². The van der Waals surface area contributed by atoms with Gasteiger partial charge in [0.2, 0.25) is 0 Å². The first-order chi connectivity index (χ1) is 8.15. The van der Waals surface area contributed by atoms with Gasteiger partial charge in [-0.2, -0.15) is 0 Å². The molecule has 2 nitrogen and oxygen atoms in total. The molecule has 0 bridgehead atoms. The van der Waals surface area contributed by atoms with Crippen LogP contribution in [0.15, 0.2) is 30.3 Å². The van der Waals surface area contributed by atoms with Gasteiger partial charge < -0.3 is 4.74 Å². The van der Waals surface area contributed by atoms with Crippen LogP contribution in [0, 0.1) is 18.8 Å². The second kappa shape index (κ2) is 5.17. The Morgan fingerprint density at radius 2 is 2.06 bits per heavy atom. The van der Waals surface area contributed by atoms with E-state index in [1.165, 1.54) is 18.1 Å². The molecule has 0 spiro atoms. The standard InChI is InChI=1S/C15H18O2/c1-11-3-5-13(6-4-11)7-8-15(16)17-10-14-9-12(14)2/h3-8,12,14H,9-10H2,1-2H3/b8-7+. The van der Waals surface area contributed by atoms with Gasteiger partial charge in [0, 0.05) is 6.08 Å². The molecule has 1 aromatic rings. The second-order valence-electron chi connectivity index (χ2n) is 4.85. The van der Waals surface area contributed by atoms with E-state index in [-0.39, 0.29) is 5.97 Å².